The summed E-state index contributed by atoms with van der Waals surface area (Å²) in [6.07, 6.45) is -2.81. The van der Waals surface area contributed by atoms with Crippen LogP contribution in [0.1, 0.15) is 24.4 Å². The molecule has 1 aliphatic heterocycles. The van der Waals surface area contributed by atoms with E-state index >= 15 is 0 Å². The number of benzene rings is 1. The molecule has 0 radical (unpaired) electrons. The first-order valence-corrected chi connectivity index (χ1v) is 5.14. The van der Waals surface area contributed by atoms with Gasteiger partial charge in [0.05, 0.1) is 0 Å². The normalized spacial score (nSPS) is 21.1. The number of nitrogens with one attached hydrogen (secondary N) is 1. The Hall–Kier alpha value is -1.23. The van der Waals surface area contributed by atoms with E-state index in [2.05, 4.69) is 10.1 Å². The zero-order valence-corrected chi connectivity index (χ0v) is 8.55. The van der Waals surface area contributed by atoms with Gasteiger partial charge in [-0.05, 0) is 25.5 Å². The fourth-order valence-corrected chi connectivity index (χ4v) is 1.94. The molecule has 1 fully saturated rings. The first-order chi connectivity index (χ1) is 7.56. The Morgan fingerprint density at radius 3 is 2.62 bits per heavy atom. The van der Waals surface area contributed by atoms with Gasteiger partial charge in [-0.15, -0.1) is 13.2 Å². The average molecular weight is 231 g/mol. The number of ether oxygens (including phenoxy) is 1. The molecule has 16 heavy (non-hydrogen) atoms. The quantitative estimate of drug-likeness (QED) is 0.844. The van der Waals surface area contributed by atoms with Crippen molar-refractivity contribution >= 4 is 0 Å². The van der Waals surface area contributed by atoms with Crippen LogP contribution in [-0.4, -0.2) is 12.9 Å². The van der Waals surface area contributed by atoms with Crippen molar-refractivity contribution in [2.45, 2.75) is 25.2 Å². The van der Waals surface area contributed by atoms with Gasteiger partial charge in [0.25, 0.3) is 0 Å². The van der Waals surface area contributed by atoms with Gasteiger partial charge in [-0.25, -0.2) is 0 Å². The van der Waals surface area contributed by atoms with E-state index < -0.39 is 6.36 Å². The highest BCUT2D eigenvalue weighted by molar-refractivity contribution is 5.36. The molecule has 0 unspecified atom stereocenters. The third kappa shape index (κ3) is 2.66. The SMILES string of the molecule is FC(F)(F)Oc1ccccc1[C@@H]1CCCN1. The van der Waals surface area contributed by atoms with E-state index in [0.29, 0.717) is 5.56 Å². The Bertz CT molecular complexity index is 358. The lowest BCUT2D eigenvalue weighted by molar-refractivity contribution is -0.275. The van der Waals surface area contributed by atoms with Crippen LogP contribution in [0.25, 0.3) is 0 Å². The predicted octanol–water partition coefficient (Wildman–Crippen LogP) is 3.01. The van der Waals surface area contributed by atoms with Gasteiger partial charge in [0.2, 0.25) is 0 Å². The Morgan fingerprint density at radius 2 is 2.00 bits per heavy atom. The summed E-state index contributed by atoms with van der Waals surface area (Å²) in [7, 11) is 0. The fourth-order valence-electron chi connectivity index (χ4n) is 1.94. The first kappa shape index (κ1) is 11.3. The Balaban J connectivity index is 2.23. The minimum absolute atomic E-state index is 0.0291. The van der Waals surface area contributed by atoms with Crippen molar-refractivity contribution in [3.05, 3.63) is 29.8 Å². The predicted molar refractivity (Wildman–Crippen MR) is 53.1 cm³/mol. The molecule has 0 aliphatic carbocycles. The lowest BCUT2D eigenvalue weighted by atomic mass is 10.0. The van der Waals surface area contributed by atoms with Crippen molar-refractivity contribution in [1.82, 2.24) is 5.32 Å². The van der Waals surface area contributed by atoms with Crippen molar-refractivity contribution in [2.75, 3.05) is 6.54 Å². The van der Waals surface area contributed by atoms with Crippen molar-refractivity contribution in [3.8, 4) is 5.75 Å². The van der Waals surface area contributed by atoms with Crippen LogP contribution in [0.15, 0.2) is 24.3 Å². The molecule has 0 amide bonds. The molecule has 88 valence electrons. The van der Waals surface area contributed by atoms with E-state index in [1.807, 2.05) is 0 Å². The molecule has 2 rings (SSSR count). The number of halogens is 3. The topological polar surface area (TPSA) is 21.3 Å². The van der Waals surface area contributed by atoms with Crippen molar-refractivity contribution in [1.29, 1.82) is 0 Å². The molecule has 1 heterocycles. The summed E-state index contributed by atoms with van der Waals surface area (Å²) in [5.41, 5.74) is 0.581. The highest BCUT2D eigenvalue weighted by Gasteiger charge is 2.33. The summed E-state index contributed by atoms with van der Waals surface area (Å²) in [4.78, 5) is 0. The minimum atomic E-state index is -4.63. The fraction of sp³-hybridized carbons (Fsp3) is 0.455. The first-order valence-electron chi connectivity index (χ1n) is 5.14. The molecule has 0 aromatic heterocycles. The van der Waals surface area contributed by atoms with Crippen LogP contribution >= 0.6 is 0 Å². The van der Waals surface area contributed by atoms with Crippen LogP contribution in [0.2, 0.25) is 0 Å². The zero-order valence-electron chi connectivity index (χ0n) is 8.55. The van der Waals surface area contributed by atoms with E-state index in [1.165, 1.54) is 6.07 Å². The number of alkyl halides is 3. The molecule has 2 nitrogen and oxygen atoms in total. The summed E-state index contributed by atoms with van der Waals surface area (Å²) < 4.78 is 40.5. The Kier molecular flexibility index (Phi) is 3.05. The molecule has 1 atom stereocenters. The molecule has 1 saturated heterocycles. The Morgan fingerprint density at radius 1 is 1.25 bits per heavy atom. The van der Waals surface area contributed by atoms with Crippen LogP contribution in [-0.2, 0) is 0 Å². The number of rotatable bonds is 2. The maximum Gasteiger partial charge on any atom is 0.573 e. The summed E-state index contributed by atoms with van der Waals surface area (Å²) in [6, 6.07) is 6.25. The number of hydrogen-bond donors (Lipinski definition) is 1. The molecule has 1 aromatic rings. The van der Waals surface area contributed by atoms with Gasteiger partial charge in [0, 0.05) is 11.6 Å². The Labute approximate surface area is 91.4 Å². The highest BCUT2D eigenvalue weighted by Crippen LogP contribution is 2.33. The van der Waals surface area contributed by atoms with Gasteiger partial charge in [-0.2, -0.15) is 0 Å². The minimum Gasteiger partial charge on any atom is -0.405 e. The van der Waals surface area contributed by atoms with E-state index in [1.54, 1.807) is 18.2 Å². The molecular formula is C11H12F3NO. The van der Waals surface area contributed by atoms with Crippen LogP contribution < -0.4 is 10.1 Å². The largest absolute Gasteiger partial charge is 0.573 e. The van der Waals surface area contributed by atoms with Crippen molar-refractivity contribution < 1.29 is 17.9 Å². The summed E-state index contributed by atoms with van der Waals surface area (Å²) in [5.74, 6) is -0.102. The maximum absolute atomic E-state index is 12.2. The summed E-state index contributed by atoms with van der Waals surface area (Å²) >= 11 is 0. The molecule has 0 saturated carbocycles. The second-order valence-corrected chi connectivity index (χ2v) is 3.73. The highest BCUT2D eigenvalue weighted by atomic mass is 19.4. The molecule has 1 aromatic carbocycles. The van der Waals surface area contributed by atoms with Gasteiger partial charge >= 0.3 is 6.36 Å². The number of hydrogen-bond acceptors (Lipinski definition) is 2. The van der Waals surface area contributed by atoms with Gasteiger partial charge in [0.15, 0.2) is 0 Å². The van der Waals surface area contributed by atoms with Crippen molar-refractivity contribution in [2.24, 2.45) is 0 Å². The van der Waals surface area contributed by atoms with Crippen LogP contribution in [0.3, 0.4) is 0 Å². The monoisotopic (exact) mass is 231 g/mol. The van der Waals surface area contributed by atoms with Crippen molar-refractivity contribution in [3.63, 3.8) is 0 Å². The third-order valence-corrected chi connectivity index (χ3v) is 2.58. The van der Waals surface area contributed by atoms with Gasteiger partial charge in [0.1, 0.15) is 5.75 Å². The second-order valence-electron chi connectivity index (χ2n) is 3.73. The molecule has 0 bridgehead atoms. The van der Waals surface area contributed by atoms with E-state index in [4.69, 9.17) is 0 Å². The van der Waals surface area contributed by atoms with Gasteiger partial charge in [-0.3, -0.25) is 0 Å². The maximum atomic E-state index is 12.2. The zero-order chi connectivity index (χ0) is 11.6. The lowest BCUT2D eigenvalue weighted by Crippen LogP contribution is -2.20. The molecule has 5 heteroatoms. The van der Waals surface area contributed by atoms with E-state index in [9.17, 15) is 13.2 Å². The smallest absolute Gasteiger partial charge is 0.405 e. The standard InChI is InChI=1S/C11H12F3NO/c12-11(13,14)16-10-6-2-1-4-8(10)9-5-3-7-15-9/h1-2,4,6,9,15H,3,5,7H2/t9-/m0/s1. The molecule has 0 spiro atoms. The molecular weight excluding hydrogens is 219 g/mol. The average Bonchev–Trinajstić information content (AvgIpc) is 2.69. The molecule has 1 N–H and O–H groups in total. The lowest BCUT2D eigenvalue weighted by Gasteiger charge is -2.17. The third-order valence-electron chi connectivity index (χ3n) is 2.58. The van der Waals surface area contributed by atoms with Crippen LogP contribution in [0, 0.1) is 0 Å². The summed E-state index contributed by atoms with van der Waals surface area (Å²) in [5, 5.41) is 3.15. The number of para-hydroxylation sites is 1. The van der Waals surface area contributed by atoms with E-state index in [-0.39, 0.29) is 11.8 Å². The van der Waals surface area contributed by atoms with Gasteiger partial charge < -0.3 is 10.1 Å². The molecule has 1 aliphatic rings. The summed E-state index contributed by atoms with van der Waals surface area (Å²) in [6.45, 7) is 0.838. The van der Waals surface area contributed by atoms with E-state index in [0.717, 1.165) is 19.4 Å². The van der Waals surface area contributed by atoms with Gasteiger partial charge in [-0.1, -0.05) is 18.2 Å². The van der Waals surface area contributed by atoms with Crippen LogP contribution in [0.4, 0.5) is 13.2 Å². The second kappa shape index (κ2) is 4.33. The van der Waals surface area contributed by atoms with Crippen LogP contribution in [0.5, 0.6) is 5.75 Å².